The largest absolute Gasteiger partial charge is 0.480 e. The second kappa shape index (κ2) is 7.83. The molecule has 24 heavy (non-hydrogen) atoms. The van der Waals surface area contributed by atoms with Crippen molar-refractivity contribution in [3.8, 4) is 0 Å². The molecule has 0 unspecified atom stereocenters. The van der Waals surface area contributed by atoms with Gasteiger partial charge in [-0.15, -0.1) is 0 Å². The summed E-state index contributed by atoms with van der Waals surface area (Å²) in [7, 11) is 0. The van der Waals surface area contributed by atoms with Crippen molar-refractivity contribution in [2.75, 3.05) is 13.2 Å². The van der Waals surface area contributed by atoms with Gasteiger partial charge in [-0.3, -0.25) is 4.79 Å². The number of nitrogens with zero attached hydrogens (tertiary/aromatic N) is 1. The van der Waals surface area contributed by atoms with Crippen molar-refractivity contribution < 1.29 is 24.2 Å². The molecule has 0 aromatic carbocycles. The molecular weight excluding hydrogens is 310 g/mol. The maximum absolute atomic E-state index is 12.9. The van der Waals surface area contributed by atoms with Crippen molar-refractivity contribution in [2.24, 2.45) is 5.92 Å². The van der Waals surface area contributed by atoms with Gasteiger partial charge in [0.2, 0.25) is 0 Å². The molecule has 2 heterocycles. The molecule has 3 fully saturated rings. The van der Waals surface area contributed by atoms with Crippen LogP contribution < -0.4 is 0 Å². The molecule has 1 amide bonds. The molecule has 3 aliphatic rings. The first-order chi connectivity index (χ1) is 11.6. The molecule has 136 valence electrons. The molecule has 1 aliphatic carbocycles. The highest BCUT2D eigenvalue weighted by molar-refractivity contribution is 5.87. The Hall–Kier alpha value is -1.14. The molecule has 5 atom stereocenters. The molecule has 0 spiro atoms. The number of hydrogen-bond acceptors (Lipinski definition) is 4. The Morgan fingerprint density at radius 1 is 1.21 bits per heavy atom. The third-order valence-corrected chi connectivity index (χ3v) is 5.78. The number of ether oxygens (including phenoxy) is 2. The molecule has 1 saturated carbocycles. The van der Waals surface area contributed by atoms with Gasteiger partial charge in [-0.2, -0.15) is 0 Å². The predicted molar refractivity (Wildman–Crippen MR) is 87.6 cm³/mol. The second-order valence-corrected chi connectivity index (χ2v) is 7.41. The van der Waals surface area contributed by atoms with E-state index < -0.39 is 18.1 Å². The molecule has 6 nitrogen and oxygen atoms in total. The molecule has 0 bridgehead atoms. The lowest BCUT2D eigenvalue weighted by Gasteiger charge is -2.34. The van der Waals surface area contributed by atoms with Gasteiger partial charge in [-0.05, 0) is 51.4 Å². The fraction of sp³-hybridized carbons (Fsp3) is 0.889. The highest BCUT2D eigenvalue weighted by atomic mass is 16.5. The van der Waals surface area contributed by atoms with Crippen LogP contribution in [0.2, 0.25) is 0 Å². The van der Waals surface area contributed by atoms with E-state index in [0.29, 0.717) is 18.9 Å². The lowest BCUT2D eigenvalue weighted by atomic mass is 9.84. The zero-order valence-electron chi connectivity index (χ0n) is 14.5. The van der Waals surface area contributed by atoms with Crippen LogP contribution in [0.25, 0.3) is 0 Å². The zero-order chi connectivity index (χ0) is 17.1. The minimum absolute atomic E-state index is 0.0604. The normalized spacial score (nSPS) is 34.6. The SMILES string of the molecule is C[C@H](OC[C@@H]1CCCCO1)C(=O)N1[C@@H]2CCCC[C@@H]2C[C@H]1C(=O)O. The number of hydrogen-bond donors (Lipinski definition) is 1. The van der Waals surface area contributed by atoms with Crippen LogP contribution in [0.15, 0.2) is 0 Å². The third kappa shape index (κ3) is 3.75. The summed E-state index contributed by atoms with van der Waals surface area (Å²) in [5, 5.41) is 9.54. The molecule has 0 aromatic heterocycles. The summed E-state index contributed by atoms with van der Waals surface area (Å²) in [5.74, 6) is -0.731. The summed E-state index contributed by atoms with van der Waals surface area (Å²) in [6.45, 7) is 2.90. The molecule has 0 aromatic rings. The lowest BCUT2D eigenvalue weighted by molar-refractivity contribution is -0.157. The van der Waals surface area contributed by atoms with Crippen LogP contribution in [0.3, 0.4) is 0 Å². The molecular formula is C18H29NO5. The summed E-state index contributed by atoms with van der Waals surface area (Å²) in [6, 6.07) is -0.619. The third-order valence-electron chi connectivity index (χ3n) is 5.78. The van der Waals surface area contributed by atoms with Crippen molar-refractivity contribution in [1.82, 2.24) is 4.90 Å². The van der Waals surface area contributed by atoms with Gasteiger partial charge < -0.3 is 19.5 Å². The predicted octanol–water partition coefficient (Wildman–Crippen LogP) is 2.20. The van der Waals surface area contributed by atoms with Crippen molar-refractivity contribution in [3.05, 3.63) is 0 Å². The fourth-order valence-corrected chi connectivity index (χ4v) is 4.47. The first-order valence-electron chi connectivity index (χ1n) is 9.36. The van der Waals surface area contributed by atoms with E-state index in [4.69, 9.17) is 9.47 Å². The lowest BCUT2D eigenvalue weighted by Crippen LogP contribution is -2.50. The monoisotopic (exact) mass is 339 g/mol. The van der Waals surface area contributed by atoms with Crippen LogP contribution in [0.5, 0.6) is 0 Å². The first-order valence-corrected chi connectivity index (χ1v) is 9.36. The number of likely N-dealkylation sites (tertiary alicyclic amines) is 1. The number of carboxylic acid groups (broad SMARTS) is 1. The average Bonchev–Trinajstić information content (AvgIpc) is 2.99. The van der Waals surface area contributed by atoms with Gasteiger partial charge in [0.1, 0.15) is 12.1 Å². The van der Waals surface area contributed by atoms with Crippen LogP contribution in [0.4, 0.5) is 0 Å². The van der Waals surface area contributed by atoms with Crippen LogP contribution in [0, 0.1) is 5.92 Å². The van der Waals surface area contributed by atoms with Crippen LogP contribution in [-0.2, 0) is 19.1 Å². The number of amides is 1. The number of rotatable bonds is 5. The van der Waals surface area contributed by atoms with E-state index in [1.165, 1.54) is 0 Å². The minimum Gasteiger partial charge on any atom is -0.480 e. The number of carboxylic acids is 1. The van der Waals surface area contributed by atoms with Gasteiger partial charge in [-0.1, -0.05) is 12.8 Å². The van der Waals surface area contributed by atoms with Gasteiger partial charge in [-0.25, -0.2) is 4.79 Å². The van der Waals surface area contributed by atoms with E-state index in [2.05, 4.69) is 0 Å². The maximum Gasteiger partial charge on any atom is 0.326 e. The van der Waals surface area contributed by atoms with Crippen molar-refractivity contribution in [3.63, 3.8) is 0 Å². The Labute approximate surface area is 143 Å². The van der Waals surface area contributed by atoms with E-state index in [9.17, 15) is 14.7 Å². The Bertz CT molecular complexity index is 462. The summed E-state index contributed by atoms with van der Waals surface area (Å²) < 4.78 is 11.4. The summed E-state index contributed by atoms with van der Waals surface area (Å²) >= 11 is 0. The molecule has 0 radical (unpaired) electrons. The van der Waals surface area contributed by atoms with Crippen LogP contribution in [0.1, 0.15) is 58.3 Å². The Balaban J connectivity index is 1.61. The van der Waals surface area contributed by atoms with Gasteiger partial charge >= 0.3 is 5.97 Å². The van der Waals surface area contributed by atoms with Gasteiger partial charge in [0.15, 0.2) is 0 Å². The van der Waals surface area contributed by atoms with Crippen LogP contribution in [-0.4, -0.2) is 59.4 Å². The van der Waals surface area contributed by atoms with E-state index in [0.717, 1.165) is 51.6 Å². The summed E-state index contributed by atoms with van der Waals surface area (Å²) in [5.41, 5.74) is 0. The van der Waals surface area contributed by atoms with E-state index in [1.54, 1.807) is 11.8 Å². The molecule has 2 saturated heterocycles. The maximum atomic E-state index is 12.9. The number of aliphatic carboxylic acids is 1. The molecule has 3 rings (SSSR count). The molecule has 1 N–H and O–H groups in total. The summed E-state index contributed by atoms with van der Waals surface area (Å²) in [6.07, 6.45) is 7.38. The quantitative estimate of drug-likeness (QED) is 0.831. The zero-order valence-corrected chi connectivity index (χ0v) is 14.5. The van der Waals surface area contributed by atoms with Crippen molar-refractivity contribution in [2.45, 2.75) is 82.6 Å². The standard InChI is InChI=1S/C18H29NO5/c1-12(24-11-14-7-4-5-9-23-14)17(20)19-15-8-3-2-6-13(15)10-16(19)18(21)22/h12-16H,2-11H2,1H3,(H,21,22)/t12-,13+,14-,15+,16-/m0/s1. The Morgan fingerprint density at radius 2 is 1.96 bits per heavy atom. The van der Waals surface area contributed by atoms with Crippen LogP contribution >= 0.6 is 0 Å². The number of carbonyl (C=O) groups excluding carboxylic acids is 1. The summed E-state index contributed by atoms with van der Waals surface area (Å²) in [4.78, 5) is 26.1. The Morgan fingerprint density at radius 3 is 2.67 bits per heavy atom. The van der Waals surface area contributed by atoms with Crippen molar-refractivity contribution >= 4 is 11.9 Å². The second-order valence-electron chi connectivity index (χ2n) is 7.41. The molecule has 2 aliphatic heterocycles. The highest BCUT2D eigenvalue weighted by Crippen LogP contribution is 2.40. The number of fused-ring (bicyclic) bond motifs is 1. The van der Waals surface area contributed by atoms with Crippen molar-refractivity contribution in [1.29, 1.82) is 0 Å². The smallest absolute Gasteiger partial charge is 0.326 e. The minimum atomic E-state index is -0.888. The highest BCUT2D eigenvalue weighted by Gasteiger charge is 2.48. The van der Waals surface area contributed by atoms with Gasteiger partial charge in [0.05, 0.1) is 12.7 Å². The van der Waals surface area contributed by atoms with E-state index in [-0.39, 0.29) is 18.1 Å². The topological polar surface area (TPSA) is 76.1 Å². The average molecular weight is 339 g/mol. The number of carbonyl (C=O) groups is 2. The van der Waals surface area contributed by atoms with E-state index >= 15 is 0 Å². The van der Waals surface area contributed by atoms with Gasteiger partial charge in [0.25, 0.3) is 5.91 Å². The molecule has 6 heteroatoms. The Kier molecular flexibility index (Phi) is 5.76. The van der Waals surface area contributed by atoms with Gasteiger partial charge in [0, 0.05) is 12.6 Å². The fourth-order valence-electron chi connectivity index (χ4n) is 4.47. The van der Waals surface area contributed by atoms with E-state index in [1.807, 2.05) is 0 Å². The first kappa shape index (κ1) is 17.7.